The lowest BCUT2D eigenvalue weighted by atomic mass is 9.91. The number of likely N-dealkylation sites (tertiary alicyclic amines) is 1. The molecule has 0 radical (unpaired) electrons. The summed E-state index contributed by atoms with van der Waals surface area (Å²) in [7, 11) is 3.38. The molecule has 0 atom stereocenters. The molecule has 0 bridgehead atoms. The van der Waals surface area contributed by atoms with Crippen LogP contribution in [0.15, 0.2) is 48.5 Å². The number of amides is 1. The average molecular weight is 382 g/mol. The van der Waals surface area contributed by atoms with Crippen LogP contribution >= 0.6 is 0 Å². The van der Waals surface area contributed by atoms with Crippen LogP contribution in [0, 0.1) is 0 Å². The molecule has 1 amide bonds. The van der Waals surface area contributed by atoms with Gasteiger partial charge in [-0.1, -0.05) is 24.3 Å². The predicted molar refractivity (Wildman–Crippen MR) is 107 cm³/mol. The van der Waals surface area contributed by atoms with Crippen LogP contribution in [0.5, 0.6) is 0 Å². The van der Waals surface area contributed by atoms with E-state index in [9.17, 15) is 14.7 Å². The molecule has 1 aliphatic heterocycles. The number of benzene rings is 2. The maximum absolute atomic E-state index is 12.4. The second-order valence-electron chi connectivity index (χ2n) is 7.36. The van der Waals surface area contributed by atoms with Crippen LogP contribution in [0.4, 0.5) is 0 Å². The minimum absolute atomic E-state index is 0.206. The van der Waals surface area contributed by atoms with Crippen molar-refractivity contribution in [2.75, 3.05) is 33.8 Å². The SMILES string of the molecule is COC(=O)c1cccc(-c2ccc(C(=O)NCC3(O)CCN(C)CC3)cc2)c1. The van der Waals surface area contributed by atoms with E-state index in [0.29, 0.717) is 24.0 Å². The minimum atomic E-state index is -0.837. The first-order valence-corrected chi connectivity index (χ1v) is 9.38. The Morgan fingerprint density at radius 1 is 1.07 bits per heavy atom. The van der Waals surface area contributed by atoms with Crippen molar-refractivity contribution in [3.63, 3.8) is 0 Å². The molecule has 148 valence electrons. The zero-order valence-corrected chi connectivity index (χ0v) is 16.3. The van der Waals surface area contributed by atoms with Crippen LogP contribution in [0.1, 0.15) is 33.6 Å². The van der Waals surface area contributed by atoms with Gasteiger partial charge in [0, 0.05) is 25.2 Å². The molecule has 1 saturated heterocycles. The van der Waals surface area contributed by atoms with Crippen LogP contribution in [0.3, 0.4) is 0 Å². The summed E-state index contributed by atoms with van der Waals surface area (Å²) in [5.74, 6) is -0.591. The summed E-state index contributed by atoms with van der Waals surface area (Å²) in [6.07, 6.45) is 1.30. The molecule has 2 N–H and O–H groups in total. The summed E-state index contributed by atoms with van der Waals surface area (Å²) in [4.78, 5) is 26.3. The normalized spacial score (nSPS) is 16.4. The van der Waals surface area contributed by atoms with Crippen LogP contribution < -0.4 is 5.32 Å². The number of hydrogen-bond acceptors (Lipinski definition) is 5. The van der Waals surface area contributed by atoms with E-state index < -0.39 is 5.60 Å². The number of rotatable bonds is 5. The van der Waals surface area contributed by atoms with Crippen LogP contribution in [-0.4, -0.2) is 61.3 Å². The number of hydrogen-bond donors (Lipinski definition) is 2. The summed E-state index contributed by atoms with van der Waals surface area (Å²) >= 11 is 0. The molecule has 0 unspecified atom stereocenters. The van der Waals surface area contributed by atoms with Crippen molar-refractivity contribution in [1.82, 2.24) is 10.2 Å². The molecule has 0 saturated carbocycles. The van der Waals surface area contributed by atoms with E-state index in [2.05, 4.69) is 10.2 Å². The molecule has 0 aliphatic carbocycles. The van der Waals surface area contributed by atoms with Gasteiger partial charge in [-0.3, -0.25) is 4.79 Å². The molecular weight excluding hydrogens is 356 g/mol. The predicted octanol–water partition coefficient (Wildman–Crippen LogP) is 2.33. The Morgan fingerprint density at radius 2 is 1.75 bits per heavy atom. The molecule has 6 nitrogen and oxygen atoms in total. The highest BCUT2D eigenvalue weighted by molar-refractivity contribution is 5.95. The zero-order chi connectivity index (χ0) is 20.1. The summed E-state index contributed by atoms with van der Waals surface area (Å²) in [5.41, 5.74) is 1.94. The van der Waals surface area contributed by atoms with Crippen molar-refractivity contribution < 1.29 is 19.4 Å². The van der Waals surface area contributed by atoms with E-state index in [-0.39, 0.29) is 18.4 Å². The van der Waals surface area contributed by atoms with E-state index in [0.717, 1.165) is 24.2 Å². The summed E-state index contributed by atoms with van der Waals surface area (Å²) < 4.78 is 4.75. The first-order valence-electron chi connectivity index (χ1n) is 9.38. The molecule has 6 heteroatoms. The molecule has 28 heavy (non-hydrogen) atoms. The highest BCUT2D eigenvalue weighted by atomic mass is 16.5. The number of carbonyl (C=O) groups excluding carboxylic acids is 2. The second kappa shape index (κ2) is 8.54. The van der Waals surface area contributed by atoms with E-state index in [1.54, 1.807) is 30.3 Å². The standard InChI is InChI=1S/C22H26N2O4/c1-24-12-10-22(27,11-13-24)15-23-20(25)17-8-6-16(7-9-17)18-4-3-5-19(14-18)21(26)28-2/h3-9,14,27H,10-13,15H2,1-2H3,(H,23,25). The topological polar surface area (TPSA) is 78.9 Å². The van der Waals surface area contributed by atoms with Gasteiger partial charge in [-0.25, -0.2) is 4.79 Å². The number of methoxy groups -OCH3 is 1. The monoisotopic (exact) mass is 382 g/mol. The van der Waals surface area contributed by atoms with Gasteiger partial charge in [-0.2, -0.15) is 0 Å². The van der Waals surface area contributed by atoms with E-state index >= 15 is 0 Å². The molecule has 1 heterocycles. The maximum atomic E-state index is 12.4. The van der Waals surface area contributed by atoms with Gasteiger partial charge in [0.25, 0.3) is 5.91 Å². The summed E-state index contributed by atoms with van der Waals surface area (Å²) in [6, 6.07) is 14.3. The largest absolute Gasteiger partial charge is 0.465 e. The number of esters is 1. The quantitative estimate of drug-likeness (QED) is 0.776. The first-order chi connectivity index (χ1) is 13.4. The molecule has 0 aromatic heterocycles. The Kier molecular flexibility index (Phi) is 6.11. The molecule has 2 aromatic carbocycles. The van der Waals surface area contributed by atoms with Gasteiger partial charge in [0.05, 0.1) is 18.3 Å². The number of piperidine rings is 1. The third-order valence-corrected chi connectivity index (χ3v) is 5.26. The summed E-state index contributed by atoms with van der Waals surface area (Å²) in [6.45, 7) is 1.90. The van der Waals surface area contributed by atoms with Crippen molar-refractivity contribution in [2.24, 2.45) is 0 Å². The van der Waals surface area contributed by atoms with E-state index in [1.807, 2.05) is 25.2 Å². The second-order valence-corrected chi connectivity index (χ2v) is 7.36. The van der Waals surface area contributed by atoms with Gasteiger partial charge in [0.2, 0.25) is 0 Å². The Labute approximate surface area is 165 Å². The summed E-state index contributed by atoms with van der Waals surface area (Å²) in [5, 5.41) is 13.4. The molecular formula is C22H26N2O4. The van der Waals surface area contributed by atoms with Crippen molar-refractivity contribution in [3.8, 4) is 11.1 Å². The van der Waals surface area contributed by atoms with Crippen LogP contribution in [0.25, 0.3) is 11.1 Å². The Bertz CT molecular complexity index is 840. The Balaban J connectivity index is 1.64. The Morgan fingerprint density at radius 3 is 2.39 bits per heavy atom. The number of aliphatic hydroxyl groups is 1. The van der Waals surface area contributed by atoms with Gasteiger partial charge in [0.15, 0.2) is 0 Å². The molecule has 1 fully saturated rings. The fraction of sp³-hybridized carbons (Fsp3) is 0.364. The molecule has 2 aromatic rings. The Hall–Kier alpha value is -2.70. The average Bonchev–Trinajstić information content (AvgIpc) is 2.74. The van der Waals surface area contributed by atoms with E-state index in [4.69, 9.17) is 4.74 Å². The third kappa shape index (κ3) is 4.77. The lowest BCUT2D eigenvalue weighted by Gasteiger charge is -2.36. The van der Waals surface area contributed by atoms with Gasteiger partial charge in [0.1, 0.15) is 0 Å². The third-order valence-electron chi connectivity index (χ3n) is 5.26. The highest BCUT2D eigenvalue weighted by Crippen LogP contribution is 2.22. The fourth-order valence-electron chi connectivity index (χ4n) is 3.32. The van der Waals surface area contributed by atoms with Gasteiger partial charge in [-0.15, -0.1) is 0 Å². The maximum Gasteiger partial charge on any atom is 0.337 e. The zero-order valence-electron chi connectivity index (χ0n) is 16.3. The lowest BCUT2D eigenvalue weighted by Crippen LogP contribution is -2.50. The fourth-order valence-corrected chi connectivity index (χ4v) is 3.32. The van der Waals surface area contributed by atoms with Crippen molar-refractivity contribution in [3.05, 3.63) is 59.7 Å². The van der Waals surface area contributed by atoms with Gasteiger partial charge < -0.3 is 20.1 Å². The lowest BCUT2D eigenvalue weighted by molar-refractivity contribution is -0.0135. The van der Waals surface area contributed by atoms with Gasteiger partial charge >= 0.3 is 5.97 Å². The smallest absolute Gasteiger partial charge is 0.337 e. The highest BCUT2D eigenvalue weighted by Gasteiger charge is 2.31. The van der Waals surface area contributed by atoms with Crippen molar-refractivity contribution in [1.29, 1.82) is 0 Å². The van der Waals surface area contributed by atoms with Crippen LogP contribution in [0.2, 0.25) is 0 Å². The molecule has 3 rings (SSSR count). The minimum Gasteiger partial charge on any atom is -0.465 e. The number of nitrogens with one attached hydrogen (secondary N) is 1. The number of nitrogens with zero attached hydrogens (tertiary/aromatic N) is 1. The first kappa shape index (κ1) is 20.0. The number of ether oxygens (including phenoxy) is 1. The van der Waals surface area contributed by atoms with E-state index in [1.165, 1.54) is 7.11 Å². The van der Waals surface area contributed by atoms with Crippen molar-refractivity contribution in [2.45, 2.75) is 18.4 Å². The molecule has 1 aliphatic rings. The number of carbonyl (C=O) groups is 2. The van der Waals surface area contributed by atoms with Gasteiger partial charge in [-0.05, 0) is 55.3 Å². The van der Waals surface area contributed by atoms with Crippen LogP contribution in [-0.2, 0) is 4.74 Å². The van der Waals surface area contributed by atoms with Crippen molar-refractivity contribution >= 4 is 11.9 Å². The molecule has 0 spiro atoms.